The van der Waals surface area contributed by atoms with E-state index >= 15 is 0 Å². The smallest absolute Gasteiger partial charge is 0.358 e. The normalized spacial score (nSPS) is 15.7. The van der Waals surface area contributed by atoms with Gasteiger partial charge in [0.1, 0.15) is 5.88 Å². The third kappa shape index (κ3) is 4.02. The number of hydrogen-bond donors (Lipinski definition) is 3. The number of nitrogens with zero attached hydrogens (tertiary/aromatic N) is 4. The number of aromatic carboxylic acids is 1. The van der Waals surface area contributed by atoms with Crippen LogP contribution in [-0.2, 0) is 9.84 Å². The highest BCUT2D eigenvalue weighted by Gasteiger charge is 2.22. The fourth-order valence-corrected chi connectivity index (χ4v) is 3.36. The largest absolute Gasteiger partial charge is 0.501 e. The van der Waals surface area contributed by atoms with E-state index in [1.165, 1.54) is 6.20 Å². The van der Waals surface area contributed by atoms with Gasteiger partial charge < -0.3 is 25.3 Å². The van der Waals surface area contributed by atoms with Crippen molar-refractivity contribution in [2.75, 3.05) is 55.6 Å². The molecule has 3 rings (SSSR count). The van der Waals surface area contributed by atoms with Crippen molar-refractivity contribution in [1.82, 2.24) is 14.3 Å². The van der Waals surface area contributed by atoms with Crippen molar-refractivity contribution in [3.8, 4) is 5.75 Å². The number of piperazine rings is 1. The molecule has 0 saturated carbocycles. The third-order valence-corrected chi connectivity index (χ3v) is 5.15. The Kier molecular flexibility index (Phi) is 5.17. The molecule has 1 fully saturated rings. The molecule has 1 aliphatic rings. The molecule has 2 aromatic heterocycles. The maximum absolute atomic E-state index is 12.5. The second kappa shape index (κ2) is 7.28. The van der Waals surface area contributed by atoms with Gasteiger partial charge in [-0.1, -0.05) is 0 Å². The summed E-state index contributed by atoms with van der Waals surface area (Å²) in [6, 6.07) is 1.63. The Morgan fingerprint density at radius 3 is 2.50 bits per heavy atom. The van der Waals surface area contributed by atoms with Crippen molar-refractivity contribution in [2.24, 2.45) is 0 Å². The minimum atomic E-state index is -3.39. The van der Waals surface area contributed by atoms with Crippen LogP contribution in [0.25, 0.3) is 5.65 Å². The molecule has 152 valence electrons. The van der Waals surface area contributed by atoms with E-state index in [1.807, 2.05) is 11.9 Å². The topological polar surface area (TPSA) is 145 Å². The number of nitrogens with one attached hydrogen (secondary N) is 1. The number of aromatic nitrogens is 2. The van der Waals surface area contributed by atoms with Gasteiger partial charge in [0.25, 0.3) is 0 Å². The first kappa shape index (κ1) is 19.9. The zero-order valence-corrected chi connectivity index (χ0v) is 16.2. The molecule has 0 unspecified atom stereocenters. The lowest BCUT2D eigenvalue weighted by Crippen LogP contribution is -2.44. The summed E-state index contributed by atoms with van der Waals surface area (Å²) < 4.78 is 24.1. The molecule has 0 radical (unpaired) electrons. The molecular weight excluding hydrogens is 390 g/mol. The van der Waals surface area contributed by atoms with Gasteiger partial charge in [0, 0.05) is 38.6 Å². The molecule has 0 amide bonds. The molecule has 28 heavy (non-hydrogen) atoms. The van der Waals surface area contributed by atoms with Crippen LogP contribution in [-0.4, -0.2) is 84.2 Å². The van der Waals surface area contributed by atoms with Gasteiger partial charge in [-0.2, -0.15) is 0 Å². The first-order valence-electron chi connectivity index (χ1n) is 8.44. The summed E-state index contributed by atoms with van der Waals surface area (Å²) in [5, 5.41) is 21.8. The second-order valence-corrected chi connectivity index (χ2v) is 8.90. The first-order valence-corrected chi connectivity index (χ1v) is 10.5. The monoisotopic (exact) mass is 411 g/mol. The van der Waals surface area contributed by atoms with Crippen molar-refractivity contribution in [3.63, 3.8) is 0 Å². The highest BCUT2D eigenvalue weighted by atomic mass is 32.2. The summed E-state index contributed by atoms with van der Waals surface area (Å²) >= 11 is 0. The maximum Gasteiger partial charge on any atom is 0.358 e. The Labute approximate surface area is 160 Å². The number of likely N-dealkylation sites (N-methyl/N-ethyl adjacent to an activating group) is 1. The number of carbonyl (C=O) groups is 1. The van der Waals surface area contributed by atoms with Crippen LogP contribution < -0.4 is 15.8 Å². The number of anilines is 2. The molecule has 0 aromatic carbocycles. The molecule has 0 spiro atoms. The van der Waals surface area contributed by atoms with E-state index in [2.05, 4.69) is 15.2 Å². The average Bonchev–Trinajstić information content (AvgIpc) is 2.62. The van der Waals surface area contributed by atoms with Crippen LogP contribution in [0.15, 0.2) is 17.1 Å². The number of sulfone groups is 1. The minimum Gasteiger partial charge on any atom is -0.501 e. The number of aromatic hydroxyl groups is 1. The van der Waals surface area contributed by atoms with Gasteiger partial charge in [-0.05, 0) is 13.1 Å². The van der Waals surface area contributed by atoms with Gasteiger partial charge in [0.15, 0.2) is 21.2 Å². The summed E-state index contributed by atoms with van der Waals surface area (Å²) in [5.74, 6) is -2.96. The highest BCUT2D eigenvalue weighted by molar-refractivity contribution is 7.90. The maximum atomic E-state index is 12.5. The average molecular weight is 411 g/mol. The van der Waals surface area contributed by atoms with Crippen LogP contribution in [0.1, 0.15) is 10.5 Å². The number of hydrogen-bond acceptors (Lipinski definition) is 9. The molecule has 0 bridgehead atoms. The molecule has 2 aromatic rings. The van der Waals surface area contributed by atoms with E-state index in [1.54, 1.807) is 6.07 Å². The lowest BCUT2D eigenvalue weighted by atomic mass is 10.2. The fourth-order valence-electron chi connectivity index (χ4n) is 2.94. The molecule has 1 aliphatic heterocycles. The molecule has 1 saturated heterocycles. The van der Waals surface area contributed by atoms with E-state index in [4.69, 9.17) is 0 Å². The highest BCUT2D eigenvalue weighted by Crippen LogP contribution is 2.25. The Hall–Kier alpha value is -2.86. The quantitative estimate of drug-likeness (QED) is 0.575. The lowest BCUT2D eigenvalue weighted by molar-refractivity contribution is 0.0686. The van der Waals surface area contributed by atoms with Crippen LogP contribution in [0.4, 0.5) is 11.4 Å². The summed E-state index contributed by atoms with van der Waals surface area (Å²) in [4.78, 5) is 31.9. The molecule has 0 aliphatic carbocycles. The predicted molar refractivity (Wildman–Crippen MR) is 103 cm³/mol. The van der Waals surface area contributed by atoms with Crippen molar-refractivity contribution in [1.29, 1.82) is 0 Å². The van der Waals surface area contributed by atoms with Crippen LogP contribution in [0.3, 0.4) is 0 Å². The van der Waals surface area contributed by atoms with Crippen LogP contribution in [0.2, 0.25) is 0 Å². The van der Waals surface area contributed by atoms with Crippen molar-refractivity contribution >= 4 is 32.8 Å². The van der Waals surface area contributed by atoms with Crippen molar-refractivity contribution in [3.05, 3.63) is 28.3 Å². The number of rotatable bonds is 5. The third-order valence-electron chi connectivity index (χ3n) is 4.48. The number of pyridine rings is 1. The van der Waals surface area contributed by atoms with E-state index < -0.39 is 38.7 Å². The number of carboxylic acids is 1. The minimum absolute atomic E-state index is 0.0817. The van der Waals surface area contributed by atoms with E-state index in [9.17, 15) is 28.2 Å². The van der Waals surface area contributed by atoms with Gasteiger partial charge in [0.2, 0.25) is 5.75 Å². The van der Waals surface area contributed by atoms with Crippen molar-refractivity contribution < 1.29 is 23.4 Å². The van der Waals surface area contributed by atoms with Gasteiger partial charge in [-0.3, -0.25) is 9.20 Å². The summed E-state index contributed by atoms with van der Waals surface area (Å²) in [6.07, 6.45) is 2.51. The Balaban J connectivity index is 2.19. The number of carboxylic acid groups (broad SMARTS) is 1. The Morgan fingerprint density at radius 2 is 1.93 bits per heavy atom. The zero-order valence-electron chi connectivity index (χ0n) is 15.4. The lowest BCUT2D eigenvalue weighted by Gasteiger charge is -2.34. The van der Waals surface area contributed by atoms with Crippen LogP contribution >= 0.6 is 0 Å². The predicted octanol–water partition coefficient (Wildman–Crippen LogP) is -0.736. The standard InChI is InChI=1S/C16H21N5O6S/c1-19-3-5-20(6-4-19)10-7-11(17-9-28(2,26)27)14-18-12(16(24)25)13(22)15(23)21(14)8-10/h7-8,17,22H,3-6,9H2,1-2H3,(H,24,25). The van der Waals surface area contributed by atoms with Crippen LogP contribution in [0.5, 0.6) is 5.75 Å². The van der Waals surface area contributed by atoms with E-state index in [0.29, 0.717) is 18.8 Å². The van der Waals surface area contributed by atoms with Crippen molar-refractivity contribution in [2.45, 2.75) is 0 Å². The van der Waals surface area contributed by atoms with Crippen LogP contribution in [0, 0.1) is 0 Å². The summed E-state index contributed by atoms with van der Waals surface area (Å²) in [6.45, 7) is 2.99. The molecular formula is C16H21N5O6S. The van der Waals surface area contributed by atoms with E-state index in [0.717, 1.165) is 23.7 Å². The molecule has 11 nitrogen and oxygen atoms in total. The zero-order chi connectivity index (χ0) is 20.6. The Morgan fingerprint density at radius 1 is 1.29 bits per heavy atom. The van der Waals surface area contributed by atoms with Gasteiger partial charge >= 0.3 is 11.5 Å². The fraction of sp³-hybridized carbons (Fsp3) is 0.438. The second-order valence-electron chi connectivity index (χ2n) is 6.76. The summed E-state index contributed by atoms with van der Waals surface area (Å²) in [5.41, 5.74) is -1.01. The molecule has 3 heterocycles. The van der Waals surface area contributed by atoms with E-state index in [-0.39, 0.29) is 11.3 Å². The van der Waals surface area contributed by atoms with Gasteiger partial charge in [-0.15, -0.1) is 0 Å². The SMILES string of the molecule is CN1CCN(c2cc(NCS(C)(=O)=O)c3nc(C(=O)O)c(O)c(=O)n3c2)CC1. The summed E-state index contributed by atoms with van der Waals surface area (Å²) in [7, 11) is -1.40. The molecule has 12 heteroatoms. The van der Waals surface area contributed by atoms with Gasteiger partial charge in [0.05, 0.1) is 11.4 Å². The molecule has 3 N–H and O–H groups in total. The first-order chi connectivity index (χ1) is 13.1. The number of fused-ring (bicyclic) bond motifs is 1. The van der Waals surface area contributed by atoms with Gasteiger partial charge in [-0.25, -0.2) is 18.2 Å². The molecule has 0 atom stereocenters. The Bertz CT molecular complexity index is 1090.